The zero-order chi connectivity index (χ0) is 27.8. The van der Waals surface area contributed by atoms with Gasteiger partial charge in [-0.15, -0.1) is 0 Å². The Morgan fingerprint density at radius 3 is 1.39 bits per heavy atom. The van der Waals surface area contributed by atoms with Gasteiger partial charge in [0, 0.05) is 0 Å². The highest BCUT2D eigenvalue weighted by Crippen LogP contribution is 2.56. The van der Waals surface area contributed by atoms with E-state index in [1.165, 1.54) is 0 Å². The van der Waals surface area contributed by atoms with Crippen molar-refractivity contribution in [3.05, 3.63) is 119 Å². The molecule has 3 aliphatic rings. The van der Waals surface area contributed by atoms with E-state index in [0.29, 0.717) is 24.7 Å². The molecule has 0 amide bonds. The van der Waals surface area contributed by atoms with E-state index in [9.17, 15) is 9.59 Å². The van der Waals surface area contributed by atoms with Crippen molar-refractivity contribution >= 4 is 12.3 Å². The molecule has 41 heavy (non-hydrogen) atoms. The predicted octanol–water partition coefficient (Wildman–Crippen LogP) is 5.88. The van der Waals surface area contributed by atoms with Gasteiger partial charge >= 0.3 is 12.3 Å². The first-order valence-corrected chi connectivity index (χ1v) is 13.4. The maximum Gasteiger partial charge on any atom is 0.513 e. The normalized spacial score (nSPS) is 18.9. The Balaban J connectivity index is 1.24. The molecule has 2 heterocycles. The van der Waals surface area contributed by atoms with Crippen LogP contribution in [0.25, 0.3) is 11.1 Å². The second-order valence-electron chi connectivity index (χ2n) is 10.1. The minimum absolute atomic E-state index is 0.0351. The molecule has 0 spiro atoms. The minimum atomic E-state index is -0.765. The summed E-state index contributed by atoms with van der Waals surface area (Å²) in [5.74, 6) is 0.757. The topological polar surface area (TPSA) is 96.1 Å². The summed E-state index contributed by atoms with van der Waals surface area (Å²) in [7, 11) is 0. The third-order valence-corrected chi connectivity index (χ3v) is 7.51. The lowest BCUT2D eigenvalue weighted by Crippen LogP contribution is -2.28. The summed E-state index contributed by atoms with van der Waals surface area (Å²) in [4.78, 5) is 24.3. The number of epoxide rings is 2. The average molecular weight is 551 g/mol. The van der Waals surface area contributed by atoms with Crippen LogP contribution in [0.15, 0.2) is 97.1 Å². The minimum Gasteiger partial charge on any atom is -0.431 e. The van der Waals surface area contributed by atoms with E-state index >= 15 is 0 Å². The number of carbonyl (C=O) groups is 2. The van der Waals surface area contributed by atoms with Crippen LogP contribution in [0, 0.1) is 0 Å². The fourth-order valence-corrected chi connectivity index (χ4v) is 5.47. The lowest BCUT2D eigenvalue weighted by atomic mass is 9.68. The molecular formula is C33H26O8. The summed E-state index contributed by atoms with van der Waals surface area (Å²) in [6.07, 6.45) is -1.60. The van der Waals surface area contributed by atoms with Crippen LogP contribution in [0.4, 0.5) is 9.59 Å². The molecular weight excluding hydrogens is 524 g/mol. The SMILES string of the molecule is O=C(OCC1CO1)Oc1ccc(C2(c3ccc(OC(=O)OCC4CO4)cc3)c3ccccc3-c3ccccc32)cc1. The number of ether oxygens (including phenoxy) is 6. The van der Waals surface area contributed by atoms with Gasteiger partial charge in [-0.3, -0.25) is 0 Å². The third kappa shape index (κ3) is 4.92. The van der Waals surface area contributed by atoms with Crippen molar-refractivity contribution in [1.29, 1.82) is 0 Å². The summed E-state index contributed by atoms with van der Waals surface area (Å²) >= 11 is 0. The molecule has 7 rings (SSSR count). The van der Waals surface area contributed by atoms with Crippen molar-refractivity contribution in [1.82, 2.24) is 0 Å². The van der Waals surface area contributed by atoms with Crippen LogP contribution in [0.5, 0.6) is 11.5 Å². The van der Waals surface area contributed by atoms with Gasteiger partial charge in [0.25, 0.3) is 0 Å². The van der Waals surface area contributed by atoms with Crippen molar-refractivity contribution in [3.8, 4) is 22.6 Å². The van der Waals surface area contributed by atoms with Crippen molar-refractivity contribution in [2.75, 3.05) is 26.4 Å². The van der Waals surface area contributed by atoms with E-state index in [0.717, 1.165) is 33.4 Å². The molecule has 4 aromatic rings. The summed E-state index contributed by atoms with van der Waals surface area (Å²) in [5.41, 5.74) is 5.82. The van der Waals surface area contributed by atoms with Crippen LogP contribution in [0.3, 0.4) is 0 Å². The number of fused-ring (bicyclic) bond motifs is 3. The van der Waals surface area contributed by atoms with Crippen LogP contribution >= 0.6 is 0 Å². The van der Waals surface area contributed by atoms with Gasteiger partial charge in [-0.05, 0) is 57.6 Å². The lowest BCUT2D eigenvalue weighted by molar-refractivity contribution is 0.0911. The maximum absolute atomic E-state index is 12.1. The highest BCUT2D eigenvalue weighted by molar-refractivity contribution is 5.86. The molecule has 1 aliphatic carbocycles. The second kappa shape index (κ2) is 10.4. The number of benzene rings is 4. The first-order valence-electron chi connectivity index (χ1n) is 13.4. The molecule has 0 N–H and O–H groups in total. The van der Waals surface area contributed by atoms with Crippen molar-refractivity contribution in [2.24, 2.45) is 0 Å². The standard InChI is InChI=1S/C33H26O8/c34-31(38-19-25-17-36-25)40-23-13-9-21(10-14-23)33(29-7-3-1-5-27(29)28-6-2-4-8-30(28)33)22-11-15-24(16-12-22)41-32(35)39-20-26-18-37-26/h1-16,25-26H,17-20H2. The first-order chi connectivity index (χ1) is 20.1. The molecule has 2 atom stereocenters. The maximum atomic E-state index is 12.1. The number of hydrogen-bond acceptors (Lipinski definition) is 8. The van der Waals surface area contributed by atoms with Gasteiger partial charge in [0.05, 0.1) is 18.6 Å². The van der Waals surface area contributed by atoms with Gasteiger partial charge < -0.3 is 28.4 Å². The zero-order valence-electron chi connectivity index (χ0n) is 22.0. The molecule has 2 aliphatic heterocycles. The summed E-state index contributed by atoms with van der Waals surface area (Å²) in [6.45, 7) is 1.56. The Morgan fingerprint density at radius 2 is 1.00 bits per heavy atom. The molecule has 0 aromatic heterocycles. The molecule has 2 fully saturated rings. The van der Waals surface area contributed by atoms with Crippen LogP contribution in [-0.4, -0.2) is 50.9 Å². The van der Waals surface area contributed by atoms with Gasteiger partial charge in [0.1, 0.15) is 36.9 Å². The quantitative estimate of drug-likeness (QED) is 0.134. The highest BCUT2D eigenvalue weighted by atomic mass is 16.7. The van der Waals surface area contributed by atoms with E-state index in [-0.39, 0.29) is 25.4 Å². The van der Waals surface area contributed by atoms with Crippen molar-refractivity contribution in [3.63, 3.8) is 0 Å². The Bertz CT molecular complexity index is 1470. The van der Waals surface area contributed by atoms with Crippen LogP contribution in [0.2, 0.25) is 0 Å². The number of hydrogen-bond donors (Lipinski definition) is 0. The Morgan fingerprint density at radius 1 is 0.610 bits per heavy atom. The second-order valence-corrected chi connectivity index (χ2v) is 10.1. The van der Waals surface area contributed by atoms with Gasteiger partial charge in [-0.1, -0.05) is 72.8 Å². The molecule has 206 valence electrons. The fourth-order valence-electron chi connectivity index (χ4n) is 5.47. The molecule has 0 radical (unpaired) electrons. The summed E-state index contributed by atoms with van der Waals surface area (Å²) in [5, 5.41) is 0. The highest BCUT2D eigenvalue weighted by Gasteiger charge is 2.46. The van der Waals surface area contributed by atoms with Crippen molar-refractivity contribution in [2.45, 2.75) is 17.6 Å². The lowest BCUT2D eigenvalue weighted by Gasteiger charge is -2.34. The van der Waals surface area contributed by atoms with E-state index < -0.39 is 17.7 Å². The monoisotopic (exact) mass is 550 g/mol. The van der Waals surface area contributed by atoms with Gasteiger partial charge in [-0.25, -0.2) is 9.59 Å². The largest absolute Gasteiger partial charge is 0.513 e. The molecule has 0 saturated carbocycles. The Hall–Kier alpha value is -4.66. The van der Waals surface area contributed by atoms with Crippen molar-refractivity contribution < 1.29 is 38.0 Å². The molecule has 2 unspecified atom stereocenters. The van der Waals surface area contributed by atoms with E-state index in [1.807, 2.05) is 48.5 Å². The van der Waals surface area contributed by atoms with Crippen LogP contribution in [0.1, 0.15) is 22.3 Å². The Kier molecular flexibility index (Phi) is 6.41. The summed E-state index contributed by atoms with van der Waals surface area (Å²) in [6, 6.07) is 31.6. The number of carbonyl (C=O) groups excluding carboxylic acids is 2. The molecule has 2 saturated heterocycles. The van der Waals surface area contributed by atoms with Crippen LogP contribution in [-0.2, 0) is 24.4 Å². The van der Waals surface area contributed by atoms with E-state index in [1.54, 1.807) is 24.3 Å². The average Bonchev–Trinajstić information content (AvgIpc) is 3.94. The molecule has 8 nitrogen and oxygen atoms in total. The summed E-state index contributed by atoms with van der Waals surface area (Å²) < 4.78 is 31.2. The Labute approximate surface area is 236 Å². The third-order valence-electron chi connectivity index (χ3n) is 7.51. The van der Waals surface area contributed by atoms with Crippen LogP contribution < -0.4 is 9.47 Å². The van der Waals surface area contributed by atoms with E-state index in [2.05, 4.69) is 24.3 Å². The molecule has 8 heteroatoms. The zero-order valence-corrected chi connectivity index (χ0v) is 22.0. The predicted molar refractivity (Wildman–Crippen MR) is 147 cm³/mol. The fraction of sp³-hybridized carbons (Fsp3) is 0.212. The van der Waals surface area contributed by atoms with Gasteiger partial charge in [0.15, 0.2) is 0 Å². The van der Waals surface area contributed by atoms with Gasteiger partial charge in [-0.2, -0.15) is 0 Å². The molecule has 4 aromatic carbocycles. The first kappa shape index (κ1) is 25.3. The number of rotatable bonds is 8. The van der Waals surface area contributed by atoms with Gasteiger partial charge in [0.2, 0.25) is 0 Å². The smallest absolute Gasteiger partial charge is 0.431 e. The molecule has 0 bridgehead atoms. The van der Waals surface area contributed by atoms with E-state index in [4.69, 9.17) is 28.4 Å².